The minimum absolute atomic E-state index is 0.0692. The molecular formula is C20H30ClNO4. The van der Waals surface area contributed by atoms with Crippen molar-refractivity contribution in [1.29, 1.82) is 0 Å². The van der Waals surface area contributed by atoms with Crippen molar-refractivity contribution in [2.45, 2.75) is 46.0 Å². The Morgan fingerprint density at radius 3 is 2.38 bits per heavy atom. The lowest BCUT2D eigenvalue weighted by atomic mass is 10.1. The number of esters is 1. The first kappa shape index (κ1) is 22.5. The van der Waals surface area contributed by atoms with Crippen LogP contribution in [0.3, 0.4) is 0 Å². The molecule has 0 bridgehead atoms. The fourth-order valence-corrected chi connectivity index (χ4v) is 2.70. The van der Waals surface area contributed by atoms with Crippen molar-refractivity contribution in [2.24, 2.45) is 0 Å². The third-order valence-corrected chi connectivity index (χ3v) is 4.19. The third kappa shape index (κ3) is 9.78. The van der Waals surface area contributed by atoms with Crippen LogP contribution in [0, 0.1) is 0 Å². The largest absolute Gasteiger partial charge is 0.466 e. The van der Waals surface area contributed by atoms with E-state index in [1.54, 1.807) is 11.8 Å². The van der Waals surface area contributed by atoms with Gasteiger partial charge in [-0.3, -0.25) is 9.59 Å². The number of carbonyl (C=O) groups excluding carboxylic acids is 2. The highest BCUT2D eigenvalue weighted by Crippen LogP contribution is 2.12. The van der Waals surface area contributed by atoms with Gasteiger partial charge in [0, 0.05) is 37.7 Å². The van der Waals surface area contributed by atoms with E-state index < -0.39 is 0 Å². The summed E-state index contributed by atoms with van der Waals surface area (Å²) in [5.41, 5.74) is 1.16. The molecule has 0 atom stereocenters. The van der Waals surface area contributed by atoms with Gasteiger partial charge in [0.25, 0.3) is 0 Å². The topological polar surface area (TPSA) is 55.8 Å². The Labute approximate surface area is 161 Å². The van der Waals surface area contributed by atoms with Crippen LogP contribution in [0.1, 0.15) is 45.1 Å². The summed E-state index contributed by atoms with van der Waals surface area (Å²) in [5, 5.41) is 0.712. The van der Waals surface area contributed by atoms with E-state index in [0.29, 0.717) is 44.4 Å². The molecule has 0 heterocycles. The Balaban J connectivity index is 2.44. The van der Waals surface area contributed by atoms with E-state index in [1.165, 1.54) is 0 Å². The monoisotopic (exact) mass is 383 g/mol. The predicted octanol–water partition coefficient (Wildman–Crippen LogP) is 3.87. The highest BCUT2D eigenvalue weighted by Gasteiger charge is 2.15. The van der Waals surface area contributed by atoms with Gasteiger partial charge in [-0.25, -0.2) is 0 Å². The molecule has 0 radical (unpaired) electrons. The average Bonchev–Trinajstić information content (AvgIpc) is 2.63. The van der Waals surface area contributed by atoms with Gasteiger partial charge >= 0.3 is 5.97 Å². The van der Waals surface area contributed by atoms with Crippen molar-refractivity contribution in [3.05, 3.63) is 34.9 Å². The summed E-state index contributed by atoms with van der Waals surface area (Å²) in [5.74, 6) is -0.198. The van der Waals surface area contributed by atoms with Crippen LogP contribution >= 0.6 is 11.6 Å². The summed E-state index contributed by atoms with van der Waals surface area (Å²) < 4.78 is 10.3. The Bertz CT molecular complexity index is 533. The molecule has 1 rings (SSSR count). The molecule has 0 aliphatic carbocycles. The molecule has 26 heavy (non-hydrogen) atoms. The number of rotatable bonds is 13. The van der Waals surface area contributed by atoms with Crippen LogP contribution in [0.2, 0.25) is 5.02 Å². The number of nitrogens with zero attached hydrogens (tertiary/aromatic N) is 1. The van der Waals surface area contributed by atoms with E-state index in [1.807, 2.05) is 31.2 Å². The molecule has 0 unspecified atom stereocenters. The Hall–Kier alpha value is -1.59. The number of hydrogen-bond acceptors (Lipinski definition) is 4. The van der Waals surface area contributed by atoms with E-state index >= 15 is 0 Å². The molecular weight excluding hydrogens is 354 g/mol. The van der Waals surface area contributed by atoms with Gasteiger partial charge in [0.2, 0.25) is 5.91 Å². The lowest BCUT2D eigenvalue weighted by Gasteiger charge is -2.22. The maximum Gasteiger partial charge on any atom is 0.307 e. The van der Waals surface area contributed by atoms with Crippen molar-refractivity contribution in [3.8, 4) is 0 Å². The van der Waals surface area contributed by atoms with Crippen LogP contribution in [0.15, 0.2) is 24.3 Å². The summed E-state index contributed by atoms with van der Waals surface area (Å²) in [4.78, 5) is 25.9. The highest BCUT2D eigenvalue weighted by molar-refractivity contribution is 6.30. The quantitative estimate of drug-likeness (QED) is 0.383. The lowest BCUT2D eigenvalue weighted by molar-refractivity contribution is -0.144. The second kappa shape index (κ2) is 13.6. The molecule has 0 aliphatic rings. The molecule has 6 heteroatoms. The third-order valence-electron chi connectivity index (χ3n) is 3.93. The molecule has 0 saturated heterocycles. The molecule has 0 saturated carbocycles. The van der Waals surface area contributed by atoms with E-state index in [2.05, 4.69) is 0 Å². The van der Waals surface area contributed by atoms with Crippen molar-refractivity contribution < 1.29 is 19.1 Å². The maximum atomic E-state index is 12.5. The van der Waals surface area contributed by atoms with Crippen molar-refractivity contribution in [1.82, 2.24) is 4.90 Å². The summed E-state index contributed by atoms with van der Waals surface area (Å²) >= 11 is 5.88. The minimum atomic E-state index is -0.267. The number of ether oxygens (including phenoxy) is 2. The van der Waals surface area contributed by atoms with E-state index in [4.69, 9.17) is 21.1 Å². The molecule has 0 aromatic heterocycles. The Morgan fingerprint density at radius 1 is 1.00 bits per heavy atom. The summed E-state index contributed by atoms with van der Waals surface area (Å²) in [7, 11) is 0. The molecule has 1 aromatic rings. The smallest absolute Gasteiger partial charge is 0.307 e. The zero-order valence-electron chi connectivity index (χ0n) is 15.8. The number of benzene rings is 1. The number of halogens is 1. The van der Waals surface area contributed by atoms with Gasteiger partial charge < -0.3 is 14.4 Å². The zero-order chi connectivity index (χ0) is 19.2. The van der Waals surface area contributed by atoms with Crippen LogP contribution < -0.4 is 0 Å². The average molecular weight is 384 g/mol. The van der Waals surface area contributed by atoms with Gasteiger partial charge in [-0.1, -0.05) is 23.7 Å². The van der Waals surface area contributed by atoms with E-state index in [-0.39, 0.29) is 18.3 Å². The summed E-state index contributed by atoms with van der Waals surface area (Å²) in [6, 6.07) is 7.68. The van der Waals surface area contributed by atoms with Gasteiger partial charge in [0.1, 0.15) is 0 Å². The second-order valence-electron chi connectivity index (χ2n) is 5.97. The molecule has 0 spiro atoms. The Kier molecular flexibility index (Phi) is 11.7. The summed E-state index contributed by atoms with van der Waals surface area (Å²) in [6.07, 6.45) is 3.04. The minimum Gasteiger partial charge on any atom is -0.466 e. The van der Waals surface area contributed by atoms with Crippen LogP contribution in [-0.2, 0) is 25.5 Å². The first-order valence-electron chi connectivity index (χ1n) is 9.32. The summed E-state index contributed by atoms with van der Waals surface area (Å²) in [6.45, 7) is 6.35. The number of amides is 1. The van der Waals surface area contributed by atoms with Crippen LogP contribution in [0.25, 0.3) is 0 Å². The Morgan fingerprint density at radius 2 is 1.73 bits per heavy atom. The van der Waals surface area contributed by atoms with Gasteiger partial charge in [-0.05, 0) is 50.8 Å². The number of hydrogen-bond donors (Lipinski definition) is 0. The highest BCUT2D eigenvalue weighted by atomic mass is 35.5. The molecule has 146 valence electrons. The molecule has 0 N–H and O–H groups in total. The number of carbonyl (C=O) groups is 2. The van der Waals surface area contributed by atoms with Gasteiger partial charge in [-0.15, -0.1) is 0 Å². The molecule has 5 nitrogen and oxygen atoms in total. The first-order valence-corrected chi connectivity index (χ1v) is 9.70. The fraction of sp³-hybridized carbons (Fsp3) is 0.600. The van der Waals surface area contributed by atoms with Gasteiger partial charge in [0.15, 0.2) is 0 Å². The SMILES string of the molecule is CCOCCCN(CCC(=O)OCC)C(=O)CCCc1ccc(Cl)cc1. The van der Waals surface area contributed by atoms with E-state index in [0.717, 1.165) is 24.8 Å². The molecule has 1 amide bonds. The van der Waals surface area contributed by atoms with E-state index in [9.17, 15) is 9.59 Å². The fourth-order valence-electron chi connectivity index (χ4n) is 2.58. The number of aryl methyl sites for hydroxylation is 1. The van der Waals surface area contributed by atoms with Crippen LogP contribution in [-0.4, -0.2) is 49.7 Å². The standard InChI is InChI=1S/C20H30ClNO4/c1-3-25-16-6-14-22(15-13-20(24)26-4-2)19(23)8-5-7-17-9-11-18(21)12-10-17/h9-12H,3-8,13-16H2,1-2H3. The predicted molar refractivity (Wildman–Crippen MR) is 103 cm³/mol. The van der Waals surface area contributed by atoms with Crippen LogP contribution in [0.4, 0.5) is 0 Å². The van der Waals surface area contributed by atoms with Crippen LogP contribution in [0.5, 0.6) is 0 Å². The second-order valence-corrected chi connectivity index (χ2v) is 6.40. The zero-order valence-corrected chi connectivity index (χ0v) is 16.6. The van der Waals surface area contributed by atoms with Crippen molar-refractivity contribution in [3.63, 3.8) is 0 Å². The normalized spacial score (nSPS) is 10.6. The maximum absolute atomic E-state index is 12.5. The first-order chi connectivity index (χ1) is 12.6. The van der Waals surface area contributed by atoms with Gasteiger partial charge in [0.05, 0.1) is 13.0 Å². The lowest BCUT2D eigenvalue weighted by Crippen LogP contribution is -2.34. The molecule has 0 fully saturated rings. The molecule has 1 aromatic carbocycles. The van der Waals surface area contributed by atoms with Crippen molar-refractivity contribution in [2.75, 3.05) is 32.9 Å². The van der Waals surface area contributed by atoms with Gasteiger partial charge in [-0.2, -0.15) is 0 Å². The molecule has 0 aliphatic heterocycles. The van der Waals surface area contributed by atoms with Crippen molar-refractivity contribution >= 4 is 23.5 Å².